The van der Waals surface area contributed by atoms with E-state index in [1.807, 2.05) is 0 Å². The first-order valence-electron chi connectivity index (χ1n) is 13.9. The van der Waals surface area contributed by atoms with Gasteiger partial charge in [0, 0.05) is 6.42 Å². The number of nitrogens with zero attached hydrogens (tertiary/aromatic N) is 2. The maximum Gasteiger partial charge on any atom is 0.256 e. The Bertz CT molecular complexity index is 477. The highest BCUT2D eigenvalue weighted by atomic mass is 15.1. The van der Waals surface area contributed by atoms with E-state index in [0.717, 1.165) is 6.54 Å². The molecular formula is C28H55N2+. The fraction of sp³-hybridized carbons (Fsp3) is 0.893. The predicted molar refractivity (Wildman–Crippen MR) is 133 cm³/mol. The van der Waals surface area contributed by atoms with Gasteiger partial charge in [0.1, 0.15) is 12.4 Å². The average molecular weight is 420 g/mol. The van der Waals surface area contributed by atoms with Crippen LogP contribution in [-0.2, 0) is 19.5 Å². The highest BCUT2D eigenvalue weighted by Gasteiger charge is 2.15. The Morgan fingerprint density at radius 3 is 1.47 bits per heavy atom. The van der Waals surface area contributed by atoms with E-state index in [0.29, 0.717) is 0 Å². The first-order chi connectivity index (χ1) is 14.8. The van der Waals surface area contributed by atoms with E-state index < -0.39 is 0 Å². The maximum absolute atomic E-state index is 2.55. The summed E-state index contributed by atoms with van der Waals surface area (Å²) in [6, 6.07) is 0. The van der Waals surface area contributed by atoms with Gasteiger partial charge in [-0.05, 0) is 26.2 Å². The fourth-order valence-corrected chi connectivity index (χ4v) is 4.64. The van der Waals surface area contributed by atoms with Crippen molar-refractivity contribution in [3.63, 3.8) is 0 Å². The fourth-order valence-electron chi connectivity index (χ4n) is 4.64. The van der Waals surface area contributed by atoms with Crippen molar-refractivity contribution >= 4 is 0 Å². The lowest BCUT2D eigenvalue weighted by molar-refractivity contribution is -0.704. The number of hydrogen-bond donors (Lipinski definition) is 0. The molecule has 2 nitrogen and oxygen atoms in total. The van der Waals surface area contributed by atoms with Crippen molar-refractivity contribution in [1.82, 2.24) is 4.57 Å². The Kier molecular flexibility index (Phi) is 18.3. The van der Waals surface area contributed by atoms with Crippen molar-refractivity contribution in [3.05, 3.63) is 18.2 Å². The molecule has 0 atom stereocenters. The topological polar surface area (TPSA) is 8.81 Å². The normalized spacial score (nSPS) is 11.4. The minimum atomic E-state index is 1.11. The molecule has 1 aromatic rings. The van der Waals surface area contributed by atoms with Crippen LogP contribution in [0.2, 0.25) is 0 Å². The van der Waals surface area contributed by atoms with E-state index in [9.17, 15) is 0 Å². The van der Waals surface area contributed by atoms with Crippen LogP contribution >= 0.6 is 0 Å². The molecule has 2 heteroatoms. The average Bonchev–Trinajstić information content (AvgIpc) is 3.15. The van der Waals surface area contributed by atoms with Crippen LogP contribution in [0.1, 0.15) is 149 Å². The van der Waals surface area contributed by atoms with Crippen molar-refractivity contribution in [2.45, 2.75) is 162 Å². The van der Waals surface area contributed by atoms with Gasteiger partial charge in [-0.25, -0.2) is 9.13 Å². The molecule has 0 fully saturated rings. The van der Waals surface area contributed by atoms with Gasteiger partial charge in [-0.2, -0.15) is 0 Å². The zero-order valence-electron chi connectivity index (χ0n) is 21.1. The van der Waals surface area contributed by atoms with Crippen LogP contribution in [0.3, 0.4) is 0 Å². The Labute approximate surface area is 189 Å². The molecule has 0 radical (unpaired) electrons. The second-order valence-electron chi connectivity index (χ2n) is 9.45. The summed E-state index contributed by atoms with van der Waals surface area (Å²) in [5.74, 6) is 1.57. The summed E-state index contributed by atoms with van der Waals surface area (Å²) in [7, 11) is 0. The maximum atomic E-state index is 2.55. The molecule has 176 valence electrons. The summed E-state index contributed by atoms with van der Waals surface area (Å²) >= 11 is 0. The number of imidazole rings is 1. The standard InChI is InChI=1S/C28H55N2/c1-4-7-9-11-13-14-15-16-17-18-20-22-24-28-29(6-3)26-27-30(28)25-23-21-19-12-10-8-5-2/h26-27H,4-25H2,1-3H3/q+1. The Morgan fingerprint density at radius 2 is 1.00 bits per heavy atom. The van der Waals surface area contributed by atoms with Gasteiger partial charge < -0.3 is 0 Å². The zero-order valence-corrected chi connectivity index (χ0v) is 21.1. The summed E-state index contributed by atoms with van der Waals surface area (Å²) in [6.07, 6.45) is 32.9. The molecule has 0 aliphatic rings. The van der Waals surface area contributed by atoms with E-state index in [-0.39, 0.29) is 0 Å². The number of rotatable bonds is 22. The third kappa shape index (κ3) is 13.5. The quantitative estimate of drug-likeness (QED) is 0.131. The van der Waals surface area contributed by atoms with Crippen molar-refractivity contribution in [1.29, 1.82) is 0 Å². The van der Waals surface area contributed by atoms with E-state index in [1.54, 1.807) is 5.82 Å². The number of hydrogen-bond acceptors (Lipinski definition) is 0. The molecule has 0 spiro atoms. The number of aromatic nitrogens is 2. The van der Waals surface area contributed by atoms with Crippen LogP contribution in [0.15, 0.2) is 12.4 Å². The van der Waals surface area contributed by atoms with Crippen molar-refractivity contribution in [2.75, 3.05) is 0 Å². The van der Waals surface area contributed by atoms with Crippen LogP contribution in [0.25, 0.3) is 0 Å². The molecule has 0 N–H and O–H groups in total. The number of unbranched alkanes of at least 4 members (excludes halogenated alkanes) is 17. The summed E-state index contributed by atoms with van der Waals surface area (Å²) in [4.78, 5) is 0. The molecule has 1 rings (SSSR count). The molecule has 0 amide bonds. The van der Waals surface area contributed by atoms with Gasteiger partial charge in [-0.1, -0.05) is 117 Å². The molecule has 1 aromatic heterocycles. The van der Waals surface area contributed by atoms with Gasteiger partial charge in [0.2, 0.25) is 0 Å². The van der Waals surface area contributed by atoms with Crippen LogP contribution in [0.4, 0.5) is 0 Å². The third-order valence-electron chi connectivity index (χ3n) is 6.69. The Balaban J connectivity index is 2.09. The van der Waals surface area contributed by atoms with Gasteiger partial charge >= 0.3 is 0 Å². The van der Waals surface area contributed by atoms with Crippen molar-refractivity contribution in [2.24, 2.45) is 0 Å². The van der Waals surface area contributed by atoms with Crippen molar-refractivity contribution in [3.8, 4) is 0 Å². The van der Waals surface area contributed by atoms with E-state index in [1.165, 1.54) is 135 Å². The van der Waals surface area contributed by atoms with E-state index in [4.69, 9.17) is 0 Å². The molecule has 0 saturated heterocycles. The van der Waals surface area contributed by atoms with Gasteiger partial charge in [0.15, 0.2) is 0 Å². The van der Waals surface area contributed by atoms with Gasteiger partial charge in [-0.15, -0.1) is 0 Å². The highest BCUT2D eigenvalue weighted by Crippen LogP contribution is 2.13. The molecular weight excluding hydrogens is 364 g/mol. The highest BCUT2D eigenvalue weighted by molar-refractivity contribution is 4.83. The van der Waals surface area contributed by atoms with Crippen LogP contribution in [-0.4, -0.2) is 4.57 Å². The number of aryl methyl sites for hydroxylation is 2. The molecule has 0 aliphatic carbocycles. The summed E-state index contributed by atoms with van der Waals surface area (Å²) < 4.78 is 5.02. The van der Waals surface area contributed by atoms with Crippen LogP contribution in [0.5, 0.6) is 0 Å². The first kappa shape index (κ1) is 27.2. The van der Waals surface area contributed by atoms with Gasteiger partial charge in [-0.3, -0.25) is 0 Å². The molecule has 0 aliphatic heterocycles. The Morgan fingerprint density at radius 1 is 0.567 bits per heavy atom. The second kappa shape index (κ2) is 20.1. The largest absolute Gasteiger partial charge is 0.256 e. The Hall–Kier alpha value is -0.790. The van der Waals surface area contributed by atoms with Crippen LogP contribution < -0.4 is 4.57 Å². The molecule has 1 heterocycles. The van der Waals surface area contributed by atoms with Crippen LogP contribution in [0, 0.1) is 0 Å². The van der Waals surface area contributed by atoms with Gasteiger partial charge in [0.05, 0.1) is 13.1 Å². The first-order valence-corrected chi connectivity index (χ1v) is 13.9. The van der Waals surface area contributed by atoms with E-state index >= 15 is 0 Å². The third-order valence-corrected chi connectivity index (χ3v) is 6.69. The predicted octanol–water partition coefficient (Wildman–Crippen LogP) is 8.79. The summed E-state index contributed by atoms with van der Waals surface area (Å²) in [6.45, 7) is 9.21. The zero-order chi connectivity index (χ0) is 21.7. The monoisotopic (exact) mass is 419 g/mol. The minimum Gasteiger partial charge on any atom is -0.235 e. The lowest BCUT2D eigenvalue weighted by Crippen LogP contribution is -2.37. The van der Waals surface area contributed by atoms with Gasteiger partial charge in [0.25, 0.3) is 5.82 Å². The molecule has 0 aromatic carbocycles. The SMILES string of the molecule is CCCCCCCCCCCCCCc1n(CC)cc[n+]1CCCCCCCCC. The molecule has 0 bridgehead atoms. The lowest BCUT2D eigenvalue weighted by Gasteiger charge is -2.06. The lowest BCUT2D eigenvalue weighted by atomic mass is 10.0. The van der Waals surface area contributed by atoms with Crippen molar-refractivity contribution < 1.29 is 4.57 Å². The second-order valence-corrected chi connectivity index (χ2v) is 9.45. The molecule has 0 saturated carbocycles. The minimum absolute atomic E-state index is 1.11. The van der Waals surface area contributed by atoms with E-state index in [2.05, 4.69) is 42.3 Å². The summed E-state index contributed by atoms with van der Waals surface area (Å²) in [5, 5.41) is 0. The smallest absolute Gasteiger partial charge is 0.235 e. The molecule has 30 heavy (non-hydrogen) atoms. The summed E-state index contributed by atoms with van der Waals surface area (Å²) in [5.41, 5.74) is 0. The molecule has 0 unspecified atom stereocenters.